The van der Waals surface area contributed by atoms with Gasteiger partial charge in [-0.25, -0.2) is 13.0 Å². The number of hydrogen-bond acceptors (Lipinski definition) is 8. The fraction of sp³-hybridized carbons (Fsp3) is 0.562. The van der Waals surface area contributed by atoms with E-state index in [1.54, 1.807) is 6.20 Å². The number of pyridine rings is 1. The minimum absolute atomic E-state index is 0.000813. The molecule has 0 N–H and O–H groups in total. The standard InChI is InChI=1S/C16H21N5O3S/c1-12-14(19-24-18-12)9-21-6-5-20(8-13-3-2-4-17-7-13)15-10-25(22,23)11-16(15)21/h2-4,7,15-16H,5-6,8-11H2,1H3/t15-,16+/m1/s1. The highest BCUT2D eigenvalue weighted by molar-refractivity contribution is 7.91. The summed E-state index contributed by atoms with van der Waals surface area (Å²) < 4.78 is 29.4. The molecule has 134 valence electrons. The van der Waals surface area contributed by atoms with E-state index in [1.165, 1.54) is 0 Å². The van der Waals surface area contributed by atoms with Gasteiger partial charge in [0.25, 0.3) is 0 Å². The quantitative estimate of drug-likeness (QED) is 0.764. The first-order valence-corrected chi connectivity index (χ1v) is 10.2. The molecule has 2 saturated heterocycles. The molecule has 2 aliphatic heterocycles. The predicted molar refractivity (Wildman–Crippen MR) is 90.3 cm³/mol. The van der Waals surface area contributed by atoms with Crippen LogP contribution in [-0.4, -0.2) is 70.2 Å². The Morgan fingerprint density at radius 3 is 2.48 bits per heavy atom. The molecule has 25 heavy (non-hydrogen) atoms. The number of rotatable bonds is 4. The molecule has 4 rings (SSSR count). The fourth-order valence-electron chi connectivity index (χ4n) is 3.80. The molecule has 0 saturated carbocycles. The van der Waals surface area contributed by atoms with Crippen molar-refractivity contribution in [2.45, 2.75) is 32.1 Å². The average Bonchev–Trinajstić information content (AvgIpc) is 3.13. The zero-order chi connectivity index (χ0) is 17.4. The minimum Gasteiger partial charge on any atom is -0.292 e. The molecule has 0 unspecified atom stereocenters. The van der Waals surface area contributed by atoms with E-state index in [0.29, 0.717) is 6.54 Å². The van der Waals surface area contributed by atoms with E-state index in [1.807, 2.05) is 25.3 Å². The van der Waals surface area contributed by atoms with Gasteiger partial charge in [-0.15, -0.1) is 0 Å². The van der Waals surface area contributed by atoms with Crippen molar-refractivity contribution in [1.82, 2.24) is 25.1 Å². The normalized spacial score (nSPS) is 26.6. The highest BCUT2D eigenvalue weighted by Crippen LogP contribution is 2.29. The van der Waals surface area contributed by atoms with E-state index in [0.717, 1.165) is 36.6 Å². The molecule has 2 aromatic heterocycles. The first-order chi connectivity index (χ1) is 12.0. The molecule has 2 fully saturated rings. The van der Waals surface area contributed by atoms with Gasteiger partial charge in [0.2, 0.25) is 0 Å². The Kier molecular flexibility index (Phi) is 4.30. The van der Waals surface area contributed by atoms with Crippen molar-refractivity contribution in [3.05, 3.63) is 41.5 Å². The zero-order valence-corrected chi connectivity index (χ0v) is 14.9. The molecule has 0 aromatic carbocycles. The van der Waals surface area contributed by atoms with Gasteiger partial charge in [0.15, 0.2) is 9.84 Å². The van der Waals surface area contributed by atoms with Crippen molar-refractivity contribution in [2.24, 2.45) is 0 Å². The van der Waals surface area contributed by atoms with E-state index in [9.17, 15) is 8.42 Å². The van der Waals surface area contributed by atoms with Crippen LogP contribution in [0.15, 0.2) is 29.2 Å². The van der Waals surface area contributed by atoms with E-state index >= 15 is 0 Å². The smallest absolute Gasteiger partial charge is 0.153 e. The van der Waals surface area contributed by atoms with Gasteiger partial charge in [0.1, 0.15) is 11.4 Å². The second-order valence-corrected chi connectivity index (χ2v) is 8.96. The van der Waals surface area contributed by atoms with Crippen LogP contribution in [0, 0.1) is 6.92 Å². The van der Waals surface area contributed by atoms with Crippen molar-refractivity contribution >= 4 is 9.84 Å². The molecule has 0 aliphatic carbocycles. The van der Waals surface area contributed by atoms with Crippen LogP contribution in [0.2, 0.25) is 0 Å². The molecule has 0 amide bonds. The molecule has 2 aliphatic rings. The highest BCUT2D eigenvalue weighted by atomic mass is 32.2. The van der Waals surface area contributed by atoms with Crippen LogP contribution in [-0.2, 0) is 22.9 Å². The van der Waals surface area contributed by atoms with Gasteiger partial charge in [0.05, 0.1) is 11.5 Å². The van der Waals surface area contributed by atoms with E-state index in [4.69, 9.17) is 4.63 Å². The lowest BCUT2D eigenvalue weighted by atomic mass is 10.0. The number of piperazine rings is 1. The Bertz CT molecular complexity index is 838. The number of aromatic nitrogens is 3. The van der Waals surface area contributed by atoms with Crippen molar-refractivity contribution in [3.8, 4) is 0 Å². The van der Waals surface area contributed by atoms with Crippen molar-refractivity contribution in [2.75, 3.05) is 24.6 Å². The highest BCUT2D eigenvalue weighted by Gasteiger charge is 2.46. The molecule has 9 heteroatoms. The van der Waals surface area contributed by atoms with Crippen LogP contribution >= 0.6 is 0 Å². The third-order valence-electron chi connectivity index (χ3n) is 5.11. The Hall–Kier alpha value is -1.84. The predicted octanol–water partition coefficient (Wildman–Crippen LogP) is 0.256. The number of sulfone groups is 1. The number of aryl methyl sites for hydroxylation is 1. The summed E-state index contributed by atoms with van der Waals surface area (Å²) in [5, 5.41) is 7.77. The van der Waals surface area contributed by atoms with Crippen LogP contribution in [0.25, 0.3) is 0 Å². The monoisotopic (exact) mass is 363 g/mol. The van der Waals surface area contributed by atoms with Crippen LogP contribution in [0.3, 0.4) is 0 Å². The van der Waals surface area contributed by atoms with Crippen molar-refractivity contribution in [3.63, 3.8) is 0 Å². The SMILES string of the molecule is Cc1nonc1CN1CCN(Cc2cccnc2)[C@@H]2CS(=O)(=O)C[C@@H]21. The maximum absolute atomic E-state index is 12.3. The van der Waals surface area contributed by atoms with Crippen molar-refractivity contribution in [1.29, 1.82) is 0 Å². The fourth-order valence-corrected chi connectivity index (χ4v) is 5.84. The van der Waals surface area contributed by atoms with Crippen LogP contribution < -0.4 is 0 Å². The molecular weight excluding hydrogens is 342 g/mol. The topological polar surface area (TPSA) is 92.4 Å². The first-order valence-electron chi connectivity index (χ1n) is 8.37. The van der Waals surface area contributed by atoms with E-state index in [2.05, 4.69) is 25.1 Å². The van der Waals surface area contributed by atoms with Gasteiger partial charge in [-0.05, 0) is 18.6 Å². The molecule has 8 nitrogen and oxygen atoms in total. The Balaban J connectivity index is 1.54. The average molecular weight is 363 g/mol. The van der Waals surface area contributed by atoms with Crippen LogP contribution in [0.5, 0.6) is 0 Å². The Labute approximate surface area is 146 Å². The molecule has 2 atom stereocenters. The third kappa shape index (κ3) is 3.44. The lowest BCUT2D eigenvalue weighted by Gasteiger charge is -2.43. The molecule has 0 radical (unpaired) electrons. The lowest BCUT2D eigenvalue weighted by molar-refractivity contribution is 0.0340. The number of fused-ring (bicyclic) bond motifs is 1. The van der Waals surface area contributed by atoms with E-state index < -0.39 is 9.84 Å². The van der Waals surface area contributed by atoms with Gasteiger partial charge in [-0.2, -0.15) is 0 Å². The molecular formula is C16H21N5O3S. The summed E-state index contributed by atoms with van der Waals surface area (Å²) in [6.07, 6.45) is 3.59. The summed E-state index contributed by atoms with van der Waals surface area (Å²) >= 11 is 0. The lowest BCUT2D eigenvalue weighted by Crippen LogP contribution is -2.58. The Morgan fingerprint density at radius 2 is 1.88 bits per heavy atom. The summed E-state index contributed by atoms with van der Waals surface area (Å²) in [7, 11) is -3.03. The second kappa shape index (κ2) is 6.47. The zero-order valence-electron chi connectivity index (χ0n) is 14.1. The van der Waals surface area contributed by atoms with Gasteiger partial charge >= 0.3 is 0 Å². The van der Waals surface area contributed by atoms with Gasteiger partial charge in [-0.3, -0.25) is 14.8 Å². The largest absolute Gasteiger partial charge is 0.292 e. The molecule has 2 aromatic rings. The number of hydrogen-bond donors (Lipinski definition) is 0. The summed E-state index contributed by atoms with van der Waals surface area (Å²) in [6, 6.07) is 3.92. The second-order valence-electron chi connectivity index (χ2n) is 6.81. The number of nitrogens with zero attached hydrogens (tertiary/aromatic N) is 5. The molecule has 0 spiro atoms. The third-order valence-corrected chi connectivity index (χ3v) is 6.81. The van der Waals surface area contributed by atoms with Gasteiger partial charge < -0.3 is 0 Å². The molecule has 0 bridgehead atoms. The van der Waals surface area contributed by atoms with Crippen LogP contribution in [0.1, 0.15) is 17.0 Å². The minimum atomic E-state index is -3.03. The first kappa shape index (κ1) is 16.6. The Morgan fingerprint density at radius 1 is 1.16 bits per heavy atom. The van der Waals surface area contributed by atoms with Gasteiger partial charge in [0, 0.05) is 50.7 Å². The summed E-state index contributed by atoms with van der Waals surface area (Å²) in [6.45, 7) is 4.77. The van der Waals surface area contributed by atoms with Crippen LogP contribution in [0.4, 0.5) is 0 Å². The van der Waals surface area contributed by atoms with Gasteiger partial charge in [-0.1, -0.05) is 16.4 Å². The van der Waals surface area contributed by atoms with E-state index in [-0.39, 0.29) is 23.6 Å². The maximum Gasteiger partial charge on any atom is 0.153 e. The molecule has 4 heterocycles. The van der Waals surface area contributed by atoms with Crippen molar-refractivity contribution < 1.29 is 13.0 Å². The summed E-state index contributed by atoms with van der Waals surface area (Å²) in [4.78, 5) is 8.64. The summed E-state index contributed by atoms with van der Waals surface area (Å²) in [5.74, 6) is 0.413. The maximum atomic E-state index is 12.3. The summed E-state index contributed by atoms with van der Waals surface area (Å²) in [5.41, 5.74) is 2.65.